The summed E-state index contributed by atoms with van der Waals surface area (Å²) in [5.41, 5.74) is 4.80. The predicted octanol–water partition coefficient (Wildman–Crippen LogP) is 2.72. The molecule has 0 saturated heterocycles. The lowest BCUT2D eigenvalue weighted by Gasteiger charge is -2.11. The average Bonchev–Trinajstić information content (AvgIpc) is 2.03. The standard InChI is InChI=1S/C8H8F3NS/c9-8(10,11)7-3-6(12)2-1-5(7)4-13/h1-3,13H,4,12H2. The summed E-state index contributed by atoms with van der Waals surface area (Å²) in [6.07, 6.45) is -4.35. The Balaban J connectivity index is 3.24. The highest BCUT2D eigenvalue weighted by Gasteiger charge is 2.32. The van der Waals surface area contributed by atoms with Crippen LogP contribution in [0.3, 0.4) is 0 Å². The zero-order chi connectivity index (χ0) is 10.1. The van der Waals surface area contributed by atoms with Crippen LogP contribution in [0.15, 0.2) is 18.2 Å². The van der Waals surface area contributed by atoms with E-state index in [4.69, 9.17) is 5.73 Å². The largest absolute Gasteiger partial charge is 0.416 e. The predicted molar refractivity (Wildman–Crippen MR) is 48.5 cm³/mol. The van der Waals surface area contributed by atoms with Crippen LogP contribution in [0.4, 0.5) is 18.9 Å². The van der Waals surface area contributed by atoms with Crippen LogP contribution in [0.1, 0.15) is 11.1 Å². The Hall–Kier alpha value is -0.840. The topological polar surface area (TPSA) is 26.0 Å². The Morgan fingerprint density at radius 2 is 1.92 bits per heavy atom. The molecule has 0 aromatic heterocycles. The highest BCUT2D eigenvalue weighted by molar-refractivity contribution is 7.79. The minimum absolute atomic E-state index is 0.0507. The molecule has 0 fully saturated rings. The highest BCUT2D eigenvalue weighted by Crippen LogP contribution is 2.33. The fourth-order valence-corrected chi connectivity index (χ4v) is 1.27. The first-order valence-electron chi connectivity index (χ1n) is 3.51. The first-order chi connectivity index (χ1) is 5.95. The molecule has 0 heterocycles. The Morgan fingerprint density at radius 1 is 1.31 bits per heavy atom. The number of anilines is 1. The van der Waals surface area contributed by atoms with Crippen LogP contribution in [0.2, 0.25) is 0 Å². The number of halogens is 3. The zero-order valence-corrected chi connectivity index (χ0v) is 7.49. The van der Waals surface area contributed by atoms with Gasteiger partial charge in [0.15, 0.2) is 0 Å². The Morgan fingerprint density at radius 3 is 2.38 bits per heavy atom. The minimum Gasteiger partial charge on any atom is -0.399 e. The van der Waals surface area contributed by atoms with Gasteiger partial charge in [0, 0.05) is 11.4 Å². The van der Waals surface area contributed by atoms with Gasteiger partial charge in [0.2, 0.25) is 0 Å². The van der Waals surface area contributed by atoms with E-state index in [2.05, 4.69) is 12.6 Å². The van der Waals surface area contributed by atoms with Crippen molar-refractivity contribution >= 4 is 18.3 Å². The van der Waals surface area contributed by atoms with Gasteiger partial charge in [-0.2, -0.15) is 25.8 Å². The van der Waals surface area contributed by atoms with Crippen molar-refractivity contribution < 1.29 is 13.2 Å². The fourth-order valence-electron chi connectivity index (χ4n) is 0.996. The summed E-state index contributed by atoms with van der Waals surface area (Å²) < 4.78 is 37.0. The maximum atomic E-state index is 12.3. The van der Waals surface area contributed by atoms with E-state index >= 15 is 0 Å². The van der Waals surface area contributed by atoms with Crippen LogP contribution in [0.5, 0.6) is 0 Å². The van der Waals surface area contributed by atoms with Crippen LogP contribution >= 0.6 is 12.6 Å². The first kappa shape index (κ1) is 10.2. The van der Waals surface area contributed by atoms with E-state index < -0.39 is 11.7 Å². The molecule has 5 heteroatoms. The number of nitrogens with two attached hydrogens (primary N) is 1. The Labute approximate surface area is 79.2 Å². The van der Waals surface area contributed by atoms with Gasteiger partial charge in [0.25, 0.3) is 0 Å². The number of alkyl halides is 3. The van der Waals surface area contributed by atoms with Crippen molar-refractivity contribution in [2.45, 2.75) is 11.9 Å². The summed E-state index contributed by atoms with van der Waals surface area (Å²) in [6, 6.07) is 3.69. The number of hydrogen-bond acceptors (Lipinski definition) is 2. The van der Waals surface area contributed by atoms with Gasteiger partial charge < -0.3 is 5.73 Å². The van der Waals surface area contributed by atoms with E-state index in [0.717, 1.165) is 6.07 Å². The SMILES string of the molecule is Nc1ccc(CS)c(C(F)(F)F)c1. The number of hydrogen-bond donors (Lipinski definition) is 2. The molecule has 13 heavy (non-hydrogen) atoms. The van der Waals surface area contributed by atoms with Crippen molar-refractivity contribution in [2.75, 3.05) is 5.73 Å². The lowest BCUT2D eigenvalue weighted by atomic mass is 10.1. The fraction of sp³-hybridized carbons (Fsp3) is 0.250. The molecule has 1 aromatic rings. The third-order valence-electron chi connectivity index (χ3n) is 1.61. The van der Waals surface area contributed by atoms with Crippen LogP contribution < -0.4 is 5.73 Å². The number of nitrogen functional groups attached to an aromatic ring is 1. The molecule has 0 aliphatic heterocycles. The zero-order valence-electron chi connectivity index (χ0n) is 6.60. The van der Waals surface area contributed by atoms with E-state index in [9.17, 15) is 13.2 Å². The molecule has 2 N–H and O–H groups in total. The molecule has 1 nitrogen and oxygen atoms in total. The molecule has 1 rings (SSSR count). The molecule has 0 bridgehead atoms. The molecule has 0 atom stereocenters. The van der Waals surface area contributed by atoms with Gasteiger partial charge in [-0.1, -0.05) is 6.07 Å². The van der Waals surface area contributed by atoms with Crippen molar-refractivity contribution in [3.05, 3.63) is 29.3 Å². The lowest BCUT2D eigenvalue weighted by molar-refractivity contribution is -0.138. The molecule has 0 radical (unpaired) electrons. The molecule has 1 aromatic carbocycles. The van der Waals surface area contributed by atoms with E-state index in [1.54, 1.807) is 0 Å². The molecule has 0 aliphatic carbocycles. The molecule has 72 valence electrons. The monoisotopic (exact) mass is 207 g/mol. The molecule has 0 saturated carbocycles. The summed E-state index contributed by atoms with van der Waals surface area (Å²) in [6.45, 7) is 0. The van der Waals surface area contributed by atoms with E-state index in [1.165, 1.54) is 12.1 Å². The maximum Gasteiger partial charge on any atom is 0.416 e. The molecule has 0 amide bonds. The van der Waals surface area contributed by atoms with Gasteiger partial charge in [0.05, 0.1) is 5.56 Å². The summed E-state index contributed by atoms with van der Waals surface area (Å²) >= 11 is 3.81. The van der Waals surface area contributed by atoms with Gasteiger partial charge in [-0.3, -0.25) is 0 Å². The van der Waals surface area contributed by atoms with Crippen molar-refractivity contribution in [1.82, 2.24) is 0 Å². The van der Waals surface area contributed by atoms with Gasteiger partial charge >= 0.3 is 6.18 Å². The number of benzene rings is 1. The van der Waals surface area contributed by atoms with Crippen molar-refractivity contribution in [2.24, 2.45) is 0 Å². The summed E-state index contributed by atoms with van der Waals surface area (Å²) in [5.74, 6) is 0.0507. The van der Waals surface area contributed by atoms with E-state index in [1.807, 2.05) is 0 Å². The Bertz CT molecular complexity index is 309. The van der Waals surface area contributed by atoms with Crippen LogP contribution in [0.25, 0.3) is 0 Å². The number of thiol groups is 1. The molecule has 0 aliphatic rings. The second-order valence-electron chi connectivity index (χ2n) is 2.57. The summed E-state index contributed by atoms with van der Waals surface area (Å²) in [5, 5.41) is 0. The van der Waals surface area contributed by atoms with Crippen molar-refractivity contribution in [3.63, 3.8) is 0 Å². The van der Waals surface area contributed by atoms with Gasteiger partial charge in [0.1, 0.15) is 0 Å². The number of rotatable bonds is 1. The van der Waals surface area contributed by atoms with Crippen LogP contribution in [0, 0.1) is 0 Å². The summed E-state index contributed by atoms with van der Waals surface area (Å²) in [7, 11) is 0. The van der Waals surface area contributed by atoms with E-state index in [-0.39, 0.29) is 17.0 Å². The second kappa shape index (κ2) is 3.49. The second-order valence-corrected chi connectivity index (χ2v) is 2.89. The first-order valence-corrected chi connectivity index (χ1v) is 4.15. The summed E-state index contributed by atoms with van der Waals surface area (Å²) in [4.78, 5) is 0. The van der Waals surface area contributed by atoms with Crippen molar-refractivity contribution in [3.8, 4) is 0 Å². The smallest absolute Gasteiger partial charge is 0.399 e. The van der Waals surface area contributed by atoms with Crippen LogP contribution in [-0.2, 0) is 11.9 Å². The van der Waals surface area contributed by atoms with E-state index in [0.29, 0.717) is 0 Å². The normalized spacial score (nSPS) is 11.7. The third-order valence-corrected chi connectivity index (χ3v) is 1.95. The van der Waals surface area contributed by atoms with Gasteiger partial charge in [-0.05, 0) is 17.7 Å². The van der Waals surface area contributed by atoms with Gasteiger partial charge in [-0.25, -0.2) is 0 Å². The van der Waals surface area contributed by atoms with Crippen molar-refractivity contribution in [1.29, 1.82) is 0 Å². The lowest BCUT2D eigenvalue weighted by Crippen LogP contribution is -2.09. The maximum absolute atomic E-state index is 12.3. The molecular weight excluding hydrogens is 199 g/mol. The quantitative estimate of drug-likeness (QED) is 0.537. The minimum atomic E-state index is -4.35. The average molecular weight is 207 g/mol. The third kappa shape index (κ3) is 2.30. The Kier molecular flexibility index (Phi) is 2.75. The molecule has 0 spiro atoms. The molecular formula is C8H8F3NS. The van der Waals surface area contributed by atoms with Gasteiger partial charge in [-0.15, -0.1) is 0 Å². The highest BCUT2D eigenvalue weighted by atomic mass is 32.1. The molecule has 0 unspecified atom stereocenters. The van der Waals surface area contributed by atoms with Crippen LogP contribution in [-0.4, -0.2) is 0 Å².